The van der Waals surface area contributed by atoms with E-state index >= 15 is 0 Å². The minimum Gasteiger partial charge on any atom is -0.256 e. The fraction of sp³-hybridized carbons (Fsp3) is 0.342. The van der Waals surface area contributed by atoms with Gasteiger partial charge in [-0.15, -0.1) is 0 Å². The van der Waals surface area contributed by atoms with Crippen molar-refractivity contribution in [2.24, 2.45) is 17.3 Å². The Morgan fingerprint density at radius 3 is 2.49 bits per heavy atom. The monoisotopic (exact) mass is 509 g/mol. The average molecular weight is 510 g/mol. The molecule has 0 bridgehead atoms. The molecule has 0 amide bonds. The summed E-state index contributed by atoms with van der Waals surface area (Å²) in [6.45, 7) is 9.50. The Hall–Kier alpha value is -3.45. The van der Waals surface area contributed by atoms with Gasteiger partial charge in [-0.1, -0.05) is 107 Å². The number of fused-ring (bicyclic) bond motifs is 4. The summed E-state index contributed by atoms with van der Waals surface area (Å²) in [7, 11) is 0. The van der Waals surface area contributed by atoms with Crippen LogP contribution in [0.15, 0.2) is 91.1 Å². The van der Waals surface area contributed by atoms with Crippen molar-refractivity contribution >= 4 is 21.9 Å². The fourth-order valence-electron chi connectivity index (χ4n) is 8.23. The van der Waals surface area contributed by atoms with E-state index in [1.807, 2.05) is 6.20 Å². The van der Waals surface area contributed by atoms with Crippen molar-refractivity contribution in [3.8, 4) is 11.1 Å². The number of rotatable bonds is 6. The molecule has 3 aliphatic carbocycles. The van der Waals surface area contributed by atoms with Crippen LogP contribution in [0.3, 0.4) is 0 Å². The van der Waals surface area contributed by atoms with E-state index in [1.165, 1.54) is 81.1 Å². The molecule has 7 rings (SSSR count). The first-order valence-corrected chi connectivity index (χ1v) is 15.0. The lowest BCUT2D eigenvalue weighted by Gasteiger charge is -2.33. The van der Waals surface area contributed by atoms with E-state index in [2.05, 4.69) is 113 Å². The van der Waals surface area contributed by atoms with Gasteiger partial charge in [-0.25, -0.2) is 0 Å². The molecule has 1 heterocycles. The largest absolute Gasteiger partial charge is 0.256 e. The summed E-state index contributed by atoms with van der Waals surface area (Å²) in [6.07, 6.45) is 13.4. The van der Waals surface area contributed by atoms with Crippen LogP contribution >= 0.6 is 0 Å². The molecule has 1 fully saturated rings. The second-order valence-electron chi connectivity index (χ2n) is 12.7. The van der Waals surface area contributed by atoms with Crippen LogP contribution in [0.1, 0.15) is 82.2 Å². The summed E-state index contributed by atoms with van der Waals surface area (Å²) < 4.78 is 0. The van der Waals surface area contributed by atoms with Crippen LogP contribution in [0.2, 0.25) is 0 Å². The van der Waals surface area contributed by atoms with Gasteiger partial charge in [-0.2, -0.15) is 0 Å². The van der Waals surface area contributed by atoms with E-state index in [1.54, 1.807) is 0 Å². The molecule has 0 spiro atoms. The van der Waals surface area contributed by atoms with Crippen molar-refractivity contribution in [1.29, 1.82) is 0 Å². The molecule has 1 aromatic heterocycles. The average Bonchev–Trinajstić information content (AvgIpc) is 3.64. The van der Waals surface area contributed by atoms with Gasteiger partial charge in [0, 0.05) is 17.0 Å². The maximum Gasteiger partial charge on any atom is 0.0743 e. The number of pyridine rings is 1. The van der Waals surface area contributed by atoms with Crippen LogP contribution in [-0.4, -0.2) is 4.98 Å². The molecule has 0 radical (unpaired) electrons. The highest BCUT2D eigenvalue weighted by Gasteiger charge is 2.57. The topological polar surface area (TPSA) is 12.9 Å². The van der Waals surface area contributed by atoms with Gasteiger partial charge in [0.25, 0.3) is 0 Å². The molecule has 1 nitrogen and oxygen atoms in total. The van der Waals surface area contributed by atoms with E-state index in [4.69, 9.17) is 4.98 Å². The van der Waals surface area contributed by atoms with E-state index in [0.29, 0.717) is 11.3 Å². The zero-order valence-electron chi connectivity index (χ0n) is 23.8. The molecule has 1 heteroatoms. The molecule has 3 aliphatic rings. The Bertz CT molecular complexity index is 1650. The zero-order chi connectivity index (χ0) is 26.8. The number of nitrogens with zero attached hydrogens (tertiary/aromatic N) is 1. The van der Waals surface area contributed by atoms with Crippen molar-refractivity contribution < 1.29 is 0 Å². The summed E-state index contributed by atoms with van der Waals surface area (Å²) in [5.41, 5.74) is 11.4. The van der Waals surface area contributed by atoms with Gasteiger partial charge in [0.1, 0.15) is 0 Å². The second-order valence-corrected chi connectivity index (χ2v) is 12.7. The van der Waals surface area contributed by atoms with Gasteiger partial charge in [0.2, 0.25) is 0 Å². The Morgan fingerprint density at radius 2 is 1.67 bits per heavy atom. The molecular formula is C38H39N. The molecule has 0 aliphatic heterocycles. The fourth-order valence-corrected chi connectivity index (χ4v) is 8.23. The van der Waals surface area contributed by atoms with Crippen LogP contribution in [0, 0.1) is 17.3 Å². The third-order valence-corrected chi connectivity index (χ3v) is 10.3. The van der Waals surface area contributed by atoms with Crippen LogP contribution in [0.4, 0.5) is 0 Å². The lowest BCUT2D eigenvalue weighted by atomic mass is 9.71. The first-order valence-electron chi connectivity index (χ1n) is 15.0. The smallest absolute Gasteiger partial charge is 0.0743 e. The van der Waals surface area contributed by atoms with Crippen molar-refractivity contribution in [3.05, 3.63) is 114 Å². The SMILES string of the molecule is CCCC1(C2CC=C(c3ccc4c(c3)C(C)(C)c3ccccc3-4)C=C2c2nccc3ccccc23)CC1CC. The lowest BCUT2D eigenvalue weighted by Crippen LogP contribution is -2.22. The molecule has 4 aromatic rings. The molecule has 0 N–H and O–H groups in total. The van der Waals surface area contributed by atoms with Gasteiger partial charge >= 0.3 is 0 Å². The summed E-state index contributed by atoms with van der Waals surface area (Å²) in [5.74, 6) is 1.36. The van der Waals surface area contributed by atoms with Gasteiger partial charge in [-0.05, 0) is 99.1 Å². The van der Waals surface area contributed by atoms with Crippen molar-refractivity contribution in [3.63, 3.8) is 0 Å². The van der Waals surface area contributed by atoms with Crippen LogP contribution in [-0.2, 0) is 5.41 Å². The highest BCUT2D eigenvalue weighted by molar-refractivity contribution is 5.97. The summed E-state index contributed by atoms with van der Waals surface area (Å²) >= 11 is 0. The first kappa shape index (κ1) is 24.6. The highest BCUT2D eigenvalue weighted by atomic mass is 14.7. The van der Waals surface area contributed by atoms with Crippen LogP contribution in [0.25, 0.3) is 33.0 Å². The lowest BCUT2D eigenvalue weighted by molar-refractivity contribution is 0.312. The van der Waals surface area contributed by atoms with Crippen molar-refractivity contribution in [2.75, 3.05) is 0 Å². The van der Waals surface area contributed by atoms with E-state index in [0.717, 1.165) is 12.3 Å². The van der Waals surface area contributed by atoms with Crippen LogP contribution < -0.4 is 0 Å². The number of hydrogen-bond donors (Lipinski definition) is 0. The maximum atomic E-state index is 5.07. The zero-order valence-corrected chi connectivity index (χ0v) is 23.8. The number of hydrogen-bond acceptors (Lipinski definition) is 1. The standard InChI is InChI=1S/C38H39N/c1-5-20-38(24-28(38)6-2)34-18-16-26(22-32(34)36-29-12-8-7-11-25(29)19-21-39-36)27-15-17-31-30-13-9-10-14-33(30)37(3,4)35(31)23-27/h7-17,19,21-23,28,34H,5-6,18,20,24H2,1-4H3. The summed E-state index contributed by atoms with van der Waals surface area (Å²) in [6, 6.07) is 27.1. The second kappa shape index (κ2) is 9.05. The number of benzene rings is 3. The van der Waals surface area contributed by atoms with Gasteiger partial charge in [-0.3, -0.25) is 4.98 Å². The van der Waals surface area contributed by atoms with Crippen LogP contribution in [0.5, 0.6) is 0 Å². The number of aromatic nitrogens is 1. The van der Waals surface area contributed by atoms with Gasteiger partial charge in [0.05, 0.1) is 5.69 Å². The van der Waals surface area contributed by atoms with Crippen molar-refractivity contribution in [2.45, 2.75) is 65.2 Å². The molecule has 39 heavy (non-hydrogen) atoms. The molecule has 196 valence electrons. The number of allylic oxidation sites excluding steroid dienone is 4. The maximum absolute atomic E-state index is 5.07. The Balaban J connectivity index is 1.36. The third kappa shape index (κ3) is 3.69. The van der Waals surface area contributed by atoms with Gasteiger partial charge < -0.3 is 0 Å². The third-order valence-electron chi connectivity index (χ3n) is 10.3. The Labute approximate surface area is 233 Å². The molecule has 3 atom stereocenters. The predicted octanol–water partition coefficient (Wildman–Crippen LogP) is 10.2. The molecule has 3 unspecified atom stereocenters. The summed E-state index contributed by atoms with van der Waals surface area (Å²) in [5, 5.41) is 2.56. The Morgan fingerprint density at radius 1 is 0.872 bits per heavy atom. The van der Waals surface area contributed by atoms with E-state index in [-0.39, 0.29) is 5.41 Å². The van der Waals surface area contributed by atoms with E-state index < -0.39 is 0 Å². The molecular weight excluding hydrogens is 470 g/mol. The van der Waals surface area contributed by atoms with Crippen molar-refractivity contribution in [1.82, 2.24) is 4.98 Å². The van der Waals surface area contributed by atoms with Gasteiger partial charge in [0.15, 0.2) is 0 Å². The van der Waals surface area contributed by atoms with E-state index in [9.17, 15) is 0 Å². The minimum atomic E-state index is 0.0109. The quantitative estimate of drug-likeness (QED) is 0.252. The Kier molecular flexibility index (Phi) is 5.70. The molecule has 1 saturated carbocycles. The first-order chi connectivity index (χ1) is 19.0. The normalized spacial score (nSPS) is 24.6. The minimum absolute atomic E-state index is 0.0109. The molecule has 3 aromatic carbocycles. The summed E-state index contributed by atoms with van der Waals surface area (Å²) in [4.78, 5) is 5.07. The predicted molar refractivity (Wildman–Crippen MR) is 166 cm³/mol. The molecule has 0 saturated heterocycles. The highest BCUT2D eigenvalue weighted by Crippen LogP contribution is 2.67.